The maximum absolute atomic E-state index is 10.6. The first kappa shape index (κ1) is 22.6. The van der Waals surface area contributed by atoms with Crippen LogP contribution in [0, 0.1) is 46.3 Å². The van der Waals surface area contributed by atoms with Crippen LogP contribution in [0.1, 0.15) is 91.9 Å². The quantitative estimate of drug-likeness (QED) is 0.485. The van der Waals surface area contributed by atoms with Crippen molar-refractivity contribution in [3.05, 3.63) is 23.8 Å². The lowest BCUT2D eigenvalue weighted by atomic mass is 9.46. The largest absolute Gasteiger partial charge is 0.395 e. The van der Waals surface area contributed by atoms with E-state index in [0.717, 1.165) is 42.9 Å². The lowest BCUT2D eigenvalue weighted by Gasteiger charge is -2.59. The molecule has 2 nitrogen and oxygen atoms in total. The van der Waals surface area contributed by atoms with E-state index in [2.05, 4.69) is 40.3 Å². The highest BCUT2D eigenvalue weighted by molar-refractivity contribution is 5.26. The van der Waals surface area contributed by atoms with Crippen LogP contribution in [-0.2, 0) is 0 Å². The normalized spacial score (nSPS) is 44.1. The summed E-state index contributed by atoms with van der Waals surface area (Å²) in [6, 6.07) is 0. The van der Waals surface area contributed by atoms with E-state index in [1.165, 1.54) is 56.1 Å². The summed E-state index contributed by atoms with van der Waals surface area (Å²) < 4.78 is 0. The Morgan fingerprint density at radius 1 is 1.13 bits per heavy atom. The van der Waals surface area contributed by atoms with E-state index in [0.29, 0.717) is 17.3 Å². The summed E-state index contributed by atoms with van der Waals surface area (Å²) in [5.74, 6) is 4.39. The topological polar surface area (TPSA) is 40.5 Å². The van der Waals surface area contributed by atoms with Crippen LogP contribution in [0.5, 0.6) is 0 Å². The smallest absolute Gasteiger partial charge is 0.0577 e. The molecule has 0 heterocycles. The number of hydrogen-bond donors (Lipinski definition) is 2. The summed E-state index contributed by atoms with van der Waals surface area (Å²) in [7, 11) is 0. The first-order valence-corrected chi connectivity index (χ1v) is 12.9. The maximum Gasteiger partial charge on any atom is 0.0577 e. The highest BCUT2D eigenvalue weighted by Crippen LogP contribution is 2.67. The summed E-state index contributed by atoms with van der Waals surface area (Å²) in [4.78, 5) is 0. The fourth-order valence-electron chi connectivity index (χ4n) is 8.61. The van der Waals surface area contributed by atoms with E-state index in [1.54, 1.807) is 0 Å². The van der Waals surface area contributed by atoms with Gasteiger partial charge in [-0.15, -0.1) is 0 Å². The molecule has 8 atom stereocenters. The minimum absolute atomic E-state index is 0.0256. The Morgan fingerprint density at radius 2 is 1.90 bits per heavy atom. The molecule has 3 fully saturated rings. The lowest BCUT2D eigenvalue weighted by molar-refractivity contribution is -0.0794. The van der Waals surface area contributed by atoms with Gasteiger partial charge in [0.2, 0.25) is 0 Å². The second-order valence-corrected chi connectivity index (χ2v) is 12.1. The van der Waals surface area contributed by atoms with Gasteiger partial charge in [-0.3, -0.25) is 0 Å². The van der Waals surface area contributed by atoms with Crippen LogP contribution in [0.25, 0.3) is 0 Å². The van der Waals surface area contributed by atoms with Gasteiger partial charge < -0.3 is 10.2 Å². The summed E-state index contributed by atoms with van der Waals surface area (Å²) in [6.45, 7) is 14.3. The minimum Gasteiger partial charge on any atom is -0.395 e. The molecule has 0 aromatic heterocycles. The van der Waals surface area contributed by atoms with Gasteiger partial charge in [0.25, 0.3) is 0 Å². The van der Waals surface area contributed by atoms with Crippen molar-refractivity contribution in [3.63, 3.8) is 0 Å². The third-order valence-corrected chi connectivity index (χ3v) is 10.6. The van der Waals surface area contributed by atoms with Crippen molar-refractivity contribution >= 4 is 0 Å². The van der Waals surface area contributed by atoms with Crippen LogP contribution in [0.4, 0.5) is 0 Å². The molecule has 4 rings (SSSR count). The van der Waals surface area contributed by atoms with Crippen molar-refractivity contribution in [3.8, 4) is 0 Å². The van der Waals surface area contributed by atoms with Gasteiger partial charge in [0, 0.05) is 5.41 Å². The molecule has 0 aliphatic heterocycles. The molecular formula is C28H46O2. The van der Waals surface area contributed by atoms with Gasteiger partial charge in [0.05, 0.1) is 12.7 Å². The molecule has 0 aromatic rings. The first-order valence-electron chi connectivity index (χ1n) is 12.9. The molecule has 4 aliphatic rings. The van der Waals surface area contributed by atoms with Crippen molar-refractivity contribution in [1.29, 1.82) is 0 Å². The number of allylic oxidation sites excluding steroid dienone is 2. The maximum atomic E-state index is 10.6. The number of aliphatic hydroxyl groups is 2. The summed E-state index contributed by atoms with van der Waals surface area (Å²) >= 11 is 0. The highest BCUT2D eigenvalue weighted by Gasteiger charge is 2.60. The standard InChI is InChI=1S/C28H46O2/c1-18(2)19(3)6-7-20(4)24-10-11-25-23-9-8-21-16-22(30)12-15-28(21,17-29)26(23)13-14-27(24,25)5/h8,18,20,22-26,29-30H,3,6-7,9-17H2,1-2,4-5H3/t20-,22+,23+,24-,25+,26+,27-,28-/m1/s1. The Labute approximate surface area is 185 Å². The lowest BCUT2D eigenvalue weighted by Crippen LogP contribution is -2.53. The summed E-state index contributed by atoms with van der Waals surface area (Å²) in [5, 5.41) is 20.8. The SMILES string of the molecule is C=C(CC[C@@H](C)[C@H]1CC[C@H]2[C@@H]3CC=C4C[C@@H](O)CC[C@]4(CO)[C@H]3CC[C@]12C)C(C)C. The van der Waals surface area contributed by atoms with Gasteiger partial charge in [0.15, 0.2) is 0 Å². The predicted octanol–water partition coefficient (Wildman–Crippen LogP) is 6.53. The Hall–Kier alpha value is -0.600. The zero-order chi connectivity index (χ0) is 21.7. The van der Waals surface area contributed by atoms with Gasteiger partial charge in [-0.1, -0.05) is 51.5 Å². The molecule has 0 radical (unpaired) electrons. The monoisotopic (exact) mass is 414 g/mol. The molecular weight excluding hydrogens is 368 g/mol. The van der Waals surface area contributed by atoms with E-state index in [9.17, 15) is 10.2 Å². The third kappa shape index (κ3) is 3.54. The van der Waals surface area contributed by atoms with Gasteiger partial charge in [-0.2, -0.15) is 0 Å². The van der Waals surface area contributed by atoms with E-state index < -0.39 is 0 Å². The van der Waals surface area contributed by atoms with Crippen LogP contribution in [-0.4, -0.2) is 22.9 Å². The molecule has 170 valence electrons. The molecule has 2 N–H and O–H groups in total. The fraction of sp³-hybridized carbons (Fsp3) is 0.857. The summed E-state index contributed by atoms with van der Waals surface area (Å²) in [5.41, 5.74) is 3.25. The number of fused-ring (bicyclic) bond motifs is 5. The molecule has 2 heteroatoms. The molecule has 0 amide bonds. The molecule has 0 unspecified atom stereocenters. The molecule has 3 saturated carbocycles. The Balaban J connectivity index is 1.52. The Bertz CT molecular complexity index is 678. The van der Waals surface area contributed by atoms with Crippen molar-refractivity contribution in [2.24, 2.45) is 46.3 Å². The second-order valence-electron chi connectivity index (χ2n) is 12.1. The average molecular weight is 415 g/mol. The Morgan fingerprint density at radius 3 is 2.60 bits per heavy atom. The van der Waals surface area contributed by atoms with Gasteiger partial charge >= 0.3 is 0 Å². The number of hydrogen-bond acceptors (Lipinski definition) is 2. The second kappa shape index (κ2) is 8.39. The van der Waals surface area contributed by atoms with Crippen molar-refractivity contribution in [2.45, 2.75) is 98.0 Å². The van der Waals surface area contributed by atoms with Crippen molar-refractivity contribution in [2.75, 3.05) is 6.61 Å². The van der Waals surface area contributed by atoms with E-state index in [1.807, 2.05) is 0 Å². The number of rotatable bonds is 6. The van der Waals surface area contributed by atoms with Crippen LogP contribution in [0.3, 0.4) is 0 Å². The van der Waals surface area contributed by atoms with Crippen LogP contribution in [0.15, 0.2) is 23.8 Å². The average Bonchev–Trinajstić information content (AvgIpc) is 3.08. The van der Waals surface area contributed by atoms with Crippen molar-refractivity contribution in [1.82, 2.24) is 0 Å². The van der Waals surface area contributed by atoms with Gasteiger partial charge in [-0.05, 0) is 105 Å². The van der Waals surface area contributed by atoms with E-state index >= 15 is 0 Å². The first-order chi connectivity index (χ1) is 14.2. The van der Waals surface area contributed by atoms with Crippen LogP contribution >= 0.6 is 0 Å². The van der Waals surface area contributed by atoms with Crippen LogP contribution in [0.2, 0.25) is 0 Å². The van der Waals surface area contributed by atoms with Gasteiger partial charge in [-0.25, -0.2) is 0 Å². The third-order valence-electron chi connectivity index (χ3n) is 10.6. The molecule has 0 bridgehead atoms. The minimum atomic E-state index is -0.196. The molecule has 0 spiro atoms. The molecule has 30 heavy (non-hydrogen) atoms. The fourth-order valence-corrected chi connectivity index (χ4v) is 8.61. The molecule has 0 aromatic carbocycles. The zero-order valence-electron chi connectivity index (χ0n) is 20.0. The summed E-state index contributed by atoms with van der Waals surface area (Å²) in [6.07, 6.45) is 13.9. The predicted molar refractivity (Wildman–Crippen MR) is 125 cm³/mol. The van der Waals surface area contributed by atoms with Gasteiger partial charge in [0.1, 0.15) is 0 Å². The Kier molecular flexibility index (Phi) is 6.32. The zero-order valence-corrected chi connectivity index (χ0v) is 20.0. The van der Waals surface area contributed by atoms with Crippen LogP contribution < -0.4 is 0 Å². The number of aliphatic hydroxyl groups excluding tert-OH is 2. The highest BCUT2D eigenvalue weighted by atomic mass is 16.3. The molecule has 4 aliphatic carbocycles. The van der Waals surface area contributed by atoms with Crippen molar-refractivity contribution < 1.29 is 10.2 Å². The van der Waals surface area contributed by atoms with E-state index in [-0.39, 0.29) is 18.1 Å². The molecule has 0 saturated heterocycles. The van der Waals surface area contributed by atoms with E-state index in [4.69, 9.17) is 0 Å².